The summed E-state index contributed by atoms with van der Waals surface area (Å²) in [5, 5.41) is 6.81. The van der Waals surface area contributed by atoms with Gasteiger partial charge in [-0.2, -0.15) is 11.8 Å². The first-order chi connectivity index (χ1) is 9.22. The maximum Gasteiger partial charge on any atom is 0.134 e. The van der Waals surface area contributed by atoms with Crippen molar-refractivity contribution >= 4 is 23.4 Å². The lowest BCUT2D eigenvalue weighted by Crippen LogP contribution is -2.19. The molecule has 4 nitrogen and oxygen atoms in total. The maximum absolute atomic E-state index is 4.39. The van der Waals surface area contributed by atoms with Crippen LogP contribution in [0.25, 0.3) is 0 Å². The van der Waals surface area contributed by atoms with Crippen molar-refractivity contribution in [3.8, 4) is 0 Å². The Morgan fingerprint density at radius 2 is 1.95 bits per heavy atom. The van der Waals surface area contributed by atoms with Crippen molar-refractivity contribution in [1.29, 1.82) is 0 Å². The molecule has 0 amide bonds. The average molecular weight is 282 g/mol. The second kappa shape index (κ2) is 9.02. The summed E-state index contributed by atoms with van der Waals surface area (Å²) < 4.78 is 0. The molecule has 0 aliphatic carbocycles. The van der Waals surface area contributed by atoms with Crippen molar-refractivity contribution in [1.82, 2.24) is 9.97 Å². The molecule has 2 N–H and O–H groups in total. The Balaban J connectivity index is 2.68. The Morgan fingerprint density at radius 1 is 1.21 bits per heavy atom. The number of aromatic nitrogens is 2. The second-order valence-electron chi connectivity index (χ2n) is 4.46. The molecule has 0 aliphatic heterocycles. The number of rotatable bonds is 9. The molecule has 0 bridgehead atoms. The van der Waals surface area contributed by atoms with Crippen molar-refractivity contribution in [2.45, 2.75) is 46.6 Å². The summed E-state index contributed by atoms with van der Waals surface area (Å²) in [6, 6.07) is 0.439. The van der Waals surface area contributed by atoms with Crippen LogP contribution in [0.4, 0.5) is 11.6 Å². The van der Waals surface area contributed by atoms with Gasteiger partial charge >= 0.3 is 0 Å². The molecule has 108 valence electrons. The first-order valence-electron chi connectivity index (χ1n) is 7.14. The van der Waals surface area contributed by atoms with E-state index in [2.05, 4.69) is 48.3 Å². The maximum atomic E-state index is 4.39. The summed E-state index contributed by atoms with van der Waals surface area (Å²) in [7, 11) is 0. The van der Waals surface area contributed by atoms with Gasteiger partial charge in [-0.15, -0.1) is 0 Å². The summed E-state index contributed by atoms with van der Waals surface area (Å²) in [5.74, 6) is 4.31. The van der Waals surface area contributed by atoms with E-state index >= 15 is 0 Å². The third kappa shape index (κ3) is 5.27. The standard InChI is InChI=1S/C14H26N4S/c1-5-12-13(15-6-2)16-10-17-14(12)18-11(4)8-9-19-7-3/h10-11H,5-9H2,1-4H3,(H2,15,16,17,18). The van der Waals surface area contributed by atoms with Gasteiger partial charge in [0.05, 0.1) is 0 Å². The van der Waals surface area contributed by atoms with E-state index in [4.69, 9.17) is 0 Å². The van der Waals surface area contributed by atoms with Crippen molar-refractivity contribution in [2.24, 2.45) is 0 Å². The van der Waals surface area contributed by atoms with E-state index in [0.29, 0.717) is 6.04 Å². The quantitative estimate of drug-likeness (QED) is 0.680. The SMILES string of the molecule is CCNc1ncnc(NC(C)CCSCC)c1CC. The molecule has 19 heavy (non-hydrogen) atoms. The summed E-state index contributed by atoms with van der Waals surface area (Å²) in [4.78, 5) is 8.71. The van der Waals surface area contributed by atoms with Crippen LogP contribution in [-0.4, -0.2) is 34.1 Å². The summed E-state index contributed by atoms with van der Waals surface area (Å²) in [6.45, 7) is 9.52. The summed E-state index contributed by atoms with van der Waals surface area (Å²) >= 11 is 1.98. The Hall–Kier alpha value is -0.970. The molecule has 0 saturated carbocycles. The molecule has 1 rings (SSSR count). The van der Waals surface area contributed by atoms with Gasteiger partial charge in [0, 0.05) is 18.2 Å². The average Bonchev–Trinajstić information content (AvgIpc) is 2.40. The molecule has 1 aromatic rings. The van der Waals surface area contributed by atoms with Gasteiger partial charge in [0.2, 0.25) is 0 Å². The molecule has 0 aliphatic rings. The van der Waals surface area contributed by atoms with Gasteiger partial charge in [0.25, 0.3) is 0 Å². The van der Waals surface area contributed by atoms with Crippen LogP contribution in [0.1, 0.15) is 39.7 Å². The van der Waals surface area contributed by atoms with Gasteiger partial charge in [-0.05, 0) is 38.2 Å². The molecule has 1 unspecified atom stereocenters. The van der Waals surface area contributed by atoms with Crippen LogP contribution in [0.3, 0.4) is 0 Å². The van der Waals surface area contributed by atoms with Crippen LogP contribution in [0.5, 0.6) is 0 Å². The lowest BCUT2D eigenvalue weighted by Gasteiger charge is -2.18. The molecule has 1 heterocycles. The van der Waals surface area contributed by atoms with E-state index in [1.807, 2.05) is 11.8 Å². The van der Waals surface area contributed by atoms with E-state index in [9.17, 15) is 0 Å². The fraction of sp³-hybridized carbons (Fsp3) is 0.714. The number of hydrogen-bond donors (Lipinski definition) is 2. The smallest absolute Gasteiger partial charge is 0.134 e. The molecular weight excluding hydrogens is 256 g/mol. The van der Waals surface area contributed by atoms with Crippen molar-refractivity contribution < 1.29 is 0 Å². The molecule has 0 radical (unpaired) electrons. The monoisotopic (exact) mass is 282 g/mol. The molecule has 0 spiro atoms. The molecule has 5 heteroatoms. The molecule has 1 atom stereocenters. The van der Waals surface area contributed by atoms with E-state index in [-0.39, 0.29) is 0 Å². The van der Waals surface area contributed by atoms with Crippen LogP contribution >= 0.6 is 11.8 Å². The number of nitrogens with one attached hydrogen (secondary N) is 2. The highest BCUT2D eigenvalue weighted by molar-refractivity contribution is 7.99. The van der Waals surface area contributed by atoms with Gasteiger partial charge < -0.3 is 10.6 Å². The van der Waals surface area contributed by atoms with Crippen LogP contribution in [0.15, 0.2) is 6.33 Å². The van der Waals surface area contributed by atoms with E-state index in [0.717, 1.165) is 31.0 Å². The minimum atomic E-state index is 0.439. The van der Waals surface area contributed by atoms with Crippen LogP contribution in [0.2, 0.25) is 0 Å². The van der Waals surface area contributed by atoms with Gasteiger partial charge in [-0.3, -0.25) is 0 Å². The fourth-order valence-electron chi connectivity index (χ4n) is 1.90. The Kier molecular flexibility index (Phi) is 7.63. The topological polar surface area (TPSA) is 49.8 Å². The van der Waals surface area contributed by atoms with Gasteiger partial charge in [-0.1, -0.05) is 13.8 Å². The first-order valence-corrected chi connectivity index (χ1v) is 8.30. The molecule has 1 aromatic heterocycles. The normalized spacial score (nSPS) is 12.2. The molecular formula is C14H26N4S. The van der Waals surface area contributed by atoms with Crippen molar-refractivity contribution in [2.75, 3.05) is 28.7 Å². The molecule has 0 fully saturated rings. The number of hydrogen-bond acceptors (Lipinski definition) is 5. The molecule has 0 saturated heterocycles. The summed E-state index contributed by atoms with van der Waals surface area (Å²) in [5.41, 5.74) is 1.18. The van der Waals surface area contributed by atoms with E-state index < -0.39 is 0 Å². The lowest BCUT2D eigenvalue weighted by molar-refractivity contribution is 0.762. The minimum Gasteiger partial charge on any atom is -0.370 e. The third-order valence-electron chi connectivity index (χ3n) is 2.93. The largest absolute Gasteiger partial charge is 0.370 e. The van der Waals surface area contributed by atoms with E-state index in [1.165, 1.54) is 17.1 Å². The minimum absolute atomic E-state index is 0.439. The zero-order valence-electron chi connectivity index (χ0n) is 12.5. The first kappa shape index (κ1) is 16.1. The Labute approximate surface area is 121 Å². The Morgan fingerprint density at radius 3 is 2.58 bits per heavy atom. The number of thioether (sulfide) groups is 1. The third-order valence-corrected chi connectivity index (χ3v) is 3.86. The number of nitrogens with zero attached hydrogens (tertiary/aromatic N) is 2. The predicted molar refractivity (Wildman–Crippen MR) is 86.3 cm³/mol. The Bertz CT molecular complexity index is 370. The van der Waals surface area contributed by atoms with Crippen molar-refractivity contribution in [3.05, 3.63) is 11.9 Å². The van der Waals surface area contributed by atoms with Gasteiger partial charge in [0.1, 0.15) is 18.0 Å². The summed E-state index contributed by atoms with van der Waals surface area (Å²) in [6.07, 6.45) is 3.72. The zero-order valence-corrected chi connectivity index (χ0v) is 13.3. The fourth-order valence-corrected chi connectivity index (χ4v) is 2.71. The van der Waals surface area contributed by atoms with Gasteiger partial charge in [0.15, 0.2) is 0 Å². The zero-order chi connectivity index (χ0) is 14.1. The lowest BCUT2D eigenvalue weighted by atomic mass is 10.2. The van der Waals surface area contributed by atoms with Crippen LogP contribution in [-0.2, 0) is 6.42 Å². The highest BCUT2D eigenvalue weighted by Crippen LogP contribution is 2.21. The predicted octanol–water partition coefficient (Wildman–Crippen LogP) is 3.41. The number of anilines is 2. The second-order valence-corrected chi connectivity index (χ2v) is 5.86. The highest BCUT2D eigenvalue weighted by atomic mass is 32.2. The van der Waals surface area contributed by atoms with E-state index in [1.54, 1.807) is 6.33 Å². The van der Waals surface area contributed by atoms with Crippen LogP contribution < -0.4 is 10.6 Å². The highest BCUT2D eigenvalue weighted by Gasteiger charge is 2.11. The van der Waals surface area contributed by atoms with Crippen LogP contribution in [0, 0.1) is 0 Å². The van der Waals surface area contributed by atoms with Crippen molar-refractivity contribution in [3.63, 3.8) is 0 Å². The molecule has 0 aromatic carbocycles. The van der Waals surface area contributed by atoms with Gasteiger partial charge in [-0.25, -0.2) is 9.97 Å².